The molecule has 3 nitrogen and oxygen atoms in total. The number of aromatic hydroxyl groups is 1. The topological polar surface area (TPSA) is 37.0 Å². The van der Waals surface area contributed by atoms with Crippen LogP contribution in [0.3, 0.4) is 0 Å². The summed E-state index contributed by atoms with van der Waals surface area (Å²) >= 11 is 0. The Balaban J connectivity index is 0.000000569. The van der Waals surface area contributed by atoms with E-state index in [1.54, 1.807) is 24.5 Å². The van der Waals surface area contributed by atoms with E-state index in [0.29, 0.717) is 5.75 Å². The van der Waals surface area contributed by atoms with Gasteiger partial charge >= 0.3 is 49.4 Å². The molecule has 6 rings (SSSR count). The molecule has 0 spiro atoms. The van der Waals surface area contributed by atoms with Crippen LogP contribution in [0.15, 0.2) is 122 Å². The molecule has 1 aromatic heterocycles. The Morgan fingerprint density at radius 3 is 0.803 bits per heavy atom. The van der Waals surface area contributed by atoms with Crippen molar-refractivity contribution in [3.05, 3.63) is 172 Å². The molecule has 382 valence electrons. The summed E-state index contributed by atoms with van der Waals surface area (Å²) in [6.45, 7) is 0.747. The first kappa shape index (κ1) is 55.3. The summed E-state index contributed by atoms with van der Waals surface area (Å²) in [7, 11) is 0. The molecule has 0 fully saturated rings. The Morgan fingerprint density at radius 2 is 0.592 bits per heavy atom. The Bertz CT molecular complexity index is 2420. The van der Waals surface area contributed by atoms with Crippen LogP contribution in [0.5, 0.6) is 5.75 Å². The van der Waals surface area contributed by atoms with Gasteiger partial charge in [0.25, 0.3) is 0 Å². The van der Waals surface area contributed by atoms with Crippen molar-refractivity contribution in [2.75, 3.05) is 0 Å². The van der Waals surface area contributed by atoms with E-state index in [9.17, 15) is 110 Å². The van der Waals surface area contributed by atoms with Crippen LogP contribution in [0.4, 0.5) is 105 Å². The van der Waals surface area contributed by atoms with Crippen LogP contribution in [-0.4, -0.2) is 16.2 Å². The van der Waals surface area contributed by atoms with Gasteiger partial charge in [0.1, 0.15) is 11.9 Å². The lowest BCUT2D eigenvalue weighted by molar-refractivity contribution is -0.688. The molecule has 28 heteroatoms. The van der Waals surface area contributed by atoms with Crippen molar-refractivity contribution in [2.24, 2.45) is 0 Å². The number of aromatic nitrogens is 2. The molecule has 0 aliphatic rings. The molecule has 5 aromatic carbocycles. The van der Waals surface area contributed by atoms with E-state index in [4.69, 9.17) is 0 Å². The zero-order valence-corrected chi connectivity index (χ0v) is 34.2. The van der Waals surface area contributed by atoms with Gasteiger partial charge in [0.2, 0.25) is 0 Å². The van der Waals surface area contributed by atoms with Crippen LogP contribution in [0.1, 0.15) is 50.1 Å². The molecule has 0 unspecified atom stereocenters. The largest absolute Gasteiger partial charge is 0.508 e. The van der Waals surface area contributed by atoms with E-state index < -0.39 is 195 Å². The van der Waals surface area contributed by atoms with Gasteiger partial charge in [-0.2, -0.15) is 132 Å². The minimum absolute atomic E-state index is 0.303. The van der Waals surface area contributed by atoms with Gasteiger partial charge in [-0.3, -0.25) is 4.98 Å². The van der Waals surface area contributed by atoms with Gasteiger partial charge in [-0.1, -0.05) is 60.7 Å². The fraction of sp³-hybridized carbons (Fsp3) is 0.209. The molecule has 0 bridgehead atoms. The molecule has 0 radical (unpaired) electrons. The molecule has 0 saturated heterocycles. The number of nitrogens with zero attached hydrogens (tertiary/aromatic N) is 2. The van der Waals surface area contributed by atoms with Crippen molar-refractivity contribution < 1.29 is 115 Å². The predicted octanol–water partition coefficient (Wildman–Crippen LogP) is 12.3. The van der Waals surface area contributed by atoms with Crippen LogP contribution in [0.25, 0.3) is 0 Å². The lowest BCUT2D eigenvalue weighted by Gasteiger charge is -2.46. The van der Waals surface area contributed by atoms with Crippen LogP contribution < -0.4 is 26.4 Å². The smallest absolute Gasteiger partial charge is 0.416 e. The lowest BCUT2D eigenvalue weighted by Crippen LogP contribution is -2.75. The van der Waals surface area contributed by atoms with Crippen molar-refractivity contribution in [2.45, 2.75) is 56.0 Å². The van der Waals surface area contributed by atoms with E-state index in [1.165, 1.54) is 0 Å². The minimum atomic E-state index is -6.13. The Morgan fingerprint density at radius 1 is 0.352 bits per heavy atom. The van der Waals surface area contributed by atoms with Crippen molar-refractivity contribution in [3.8, 4) is 5.75 Å². The number of rotatable bonds is 6. The number of halogens is 24. The highest BCUT2D eigenvalue weighted by molar-refractivity contribution is 7.20. The number of hydrogen-bond donors (Lipinski definition) is 1. The van der Waals surface area contributed by atoms with Gasteiger partial charge in [0.15, 0.2) is 18.9 Å². The lowest BCUT2D eigenvalue weighted by atomic mass is 9.12. The molecular formula is C43H23BF24N2O. The van der Waals surface area contributed by atoms with Crippen molar-refractivity contribution in [1.82, 2.24) is 4.98 Å². The third-order valence-corrected chi connectivity index (χ3v) is 10.4. The minimum Gasteiger partial charge on any atom is -0.508 e. The molecule has 0 aliphatic heterocycles. The van der Waals surface area contributed by atoms with Gasteiger partial charge in [-0.25, -0.2) is 0 Å². The van der Waals surface area contributed by atoms with Gasteiger partial charge in [0.05, 0.1) is 56.9 Å². The third kappa shape index (κ3) is 13.0. The second-order valence-electron chi connectivity index (χ2n) is 15.3. The average molecular weight is 1050 g/mol. The highest BCUT2D eigenvalue weighted by Gasteiger charge is 2.47. The molecule has 0 saturated carbocycles. The van der Waals surface area contributed by atoms with Crippen LogP contribution in [0.2, 0.25) is 0 Å². The second kappa shape index (κ2) is 18.8. The Hall–Kier alpha value is -6.64. The van der Waals surface area contributed by atoms with Gasteiger partial charge < -0.3 is 5.11 Å². The van der Waals surface area contributed by atoms with E-state index in [2.05, 4.69) is 4.98 Å². The standard InChI is InChI=1S/C32H12BF24.C11H10N2O/c34-25(35,36)13-1-14(26(37,38)39)6-21(5-13)33(22-7-15(27(40,41)42)2-16(8-22)28(43,44)45,23-9-17(29(46,47)48)3-18(10-23)30(49,50)51)24-11-19(31(52,53)54)4-20(12-24)32(55,56)57;14-11-3-1-2-10(8-11)9-13-6-4-12-5-7-13/h1-12H;1-8H,9H2/q-1;/p+1. The summed E-state index contributed by atoms with van der Waals surface area (Å²) in [6.07, 6.45) is -47.5. The molecule has 6 aromatic rings. The van der Waals surface area contributed by atoms with Crippen molar-refractivity contribution >= 4 is 28.0 Å². The Kier molecular flexibility index (Phi) is 14.7. The maximum absolute atomic E-state index is 14.2. The summed E-state index contributed by atoms with van der Waals surface area (Å²) in [5.41, 5.74) is -29.1. The highest BCUT2D eigenvalue weighted by Crippen LogP contribution is 2.41. The summed E-state index contributed by atoms with van der Waals surface area (Å²) in [5, 5.41) is 9.27. The summed E-state index contributed by atoms with van der Waals surface area (Å²) in [6, 6.07) is -1.57. The van der Waals surface area contributed by atoms with E-state index in [-0.39, 0.29) is 0 Å². The molecule has 0 amide bonds. The number of alkyl halides is 24. The van der Waals surface area contributed by atoms with Crippen molar-refractivity contribution in [1.29, 1.82) is 0 Å². The normalized spacial score (nSPS) is 13.5. The Labute approximate surface area is 381 Å². The van der Waals surface area contributed by atoms with Crippen LogP contribution in [0, 0.1) is 0 Å². The third-order valence-electron chi connectivity index (χ3n) is 10.4. The van der Waals surface area contributed by atoms with Crippen LogP contribution >= 0.6 is 0 Å². The molecule has 1 heterocycles. The zero-order chi connectivity index (χ0) is 53.7. The maximum atomic E-state index is 14.2. The first-order valence-corrected chi connectivity index (χ1v) is 19.0. The molecule has 1 N–H and O–H groups in total. The quantitative estimate of drug-likeness (QED) is 0.103. The first-order chi connectivity index (χ1) is 32.1. The predicted molar refractivity (Wildman–Crippen MR) is 202 cm³/mol. The summed E-state index contributed by atoms with van der Waals surface area (Å²) in [4.78, 5) is 3.93. The number of phenolic OH excluding ortho intramolecular Hbond substituents is 1. The molecule has 71 heavy (non-hydrogen) atoms. The average Bonchev–Trinajstić information content (AvgIpc) is 3.22. The highest BCUT2D eigenvalue weighted by atomic mass is 19.4. The van der Waals surface area contributed by atoms with Gasteiger partial charge in [-0.05, 0) is 36.4 Å². The summed E-state index contributed by atoms with van der Waals surface area (Å²) in [5.74, 6) is 0.303. The monoisotopic (exact) mass is 1050 g/mol. The van der Waals surface area contributed by atoms with Gasteiger partial charge in [0, 0.05) is 5.56 Å². The second-order valence-corrected chi connectivity index (χ2v) is 15.3. The maximum Gasteiger partial charge on any atom is 0.416 e. The molecular weight excluding hydrogens is 1030 g/mol. The van der Waals surface area contributed by atoms with Crippen molar-refractivity contribution in [3.63, 3.8) is 0 Å². The first-order valence-electron chi connectivity index (χ1n) is 19.0. The van der Waals surface area contributed by atoms with E-state index >= 15 is 0 Å². The molecule has 0 atom stereocenters. The fourth-order valence-corrected chi connectivity index (χ4v) is 7.39. The number of hydrogen-bond acceptors (Lipinski definition) is 2. The number of benzene rings is 5. The summed E-state index contributed by atoms with van der Waals surface area (Å²) < 4.78 is 343. The zero-order valence-electron chi connectivity index (χ0n) is 34.2. The fourth-order valence-electron chi connectivity index (χ4n) is 7.39. The van der Waals surface area contributed by atoms with Gasteiger partial charge in [-0.15, -0.1) is 0 Å². The van der Waals surface area contributed by atoms with E-state index in [1.807, 2.05) is 29.1 Å². The molecule has 0 aliphatic carbocycles. The van der Waals surface area contributed by atoms with Crippen LogP contribution in [-0.2, 0) is 56.0 Å². The SMILES string of the molecule is FC(F)(F)c1cc([B-](c2cc(C(F)(F)F)cc(C(F)(F)F)c2)(c2cc(C(F)(F)F)cc(C(F)(F)F)c2)c2cc(C(F)(F)F)cc(C(F)(F)F)c2)cc(C(F)(F)F)c1.Oc1cccc(C[n+]2ccncc2)c1. The number of phenols is 1. The van der Waals surface area contributed by atoms with E-state index in [0.717, 1.165) is 12.1 Å².